The smallest absolute Gasteiger partial charge is 0.255 e. The fourth-order valence-corrected chi connectivity index (χ4v) is 2.47. The van der Waals surface area contributed by atoms with E-state index in [1.54, 1.807) is 17.8 Å². The van der Waals surface area contributed by atoms with E-state index >= 15 is 0 Å². The standard InChI is InChI=1S/C16H15FN2OS/c1-2-9-21-15-6-4-3-5-14(15)19-16(20)11-7-8-12(17)13(18)10-11/h2-8,10H,1,9,18H2,(H,19,20). The average molecular weight is 302 g/mol. The van der Waals surface area contributed by atoms with Crippen LogP contribution in [-0.2, 0) is 0 Å². The van der Waals surface area contributed by atoms with Crippen LogP contribution in [0.15, 0.2) is 60.0 Å². The van der Waals surface area contributed by atoms with Gasteiger partial charge in [0.1, 0.15) is 5.82 Å². The number of anilines is 2. The van der Waals surface area contributed by atoms with Crippen LogP contribution in [0.25, 0.3) is 0 Å². The molecule has 0 atom stereocenters. The van der Waals surface area contributed by atoms with Gasteiger partial charge in [-0.3, -0.25) is 4.79 Å². The number of thioether (sulfide) groups is 1. The third kappa shape index (κ3) is 3.86. The fraction of sp³-hybridized carbons (Fsp3) is 0.0625. The zero-order valence-corrected chi connectivity index (χ0v) is 12.1. The molecule has 1 amide bonds. The first kappa shape index (κ1) is 15.1. The molecule has 0 radical (unpaired) electrons. The van der Waals surface area contributed by atoms with Gasteiger partial charge in [0, 0.05) is 16.2 Å². The molecule has 3 N–H and O–H groups in total. The largest absolute Gasteiger partial charge is 0.396 e. The van der Waals surface area contributed by atoms with Crippen molar-refractivity contribution in [2.24, 2.45) is 0 Å². The van der Waals surface area contributed by atoms with E-state index in [1.165, 1.54) is 18.2 Å². The molecular weight excluding hydrogens is 287 g/mol. The van der Waals surface area contributed by atoms with E-state index in [4.69, 9.17) is 5.73 Å². The predicted molar refractivity (Wildman–Crippen MR) is 86.1 cm³/mol. The highest BCUT2D eigenvalue weighted by Crippen LogP contribution is 2.27. The Morgan fingerprint density at radius 2 is 2.10 bits per heavy atom. The van der Waals surface area contributed by atoms with Crippen molar-refractivity contribution < 1.29 is 9.18 Å². The van der Waals surface area contributed by atoms with E-state index in [9.17, 15) is 9.18 Å². The normalized spacial score (nSPS) is 10.1. The second-order valence-electron chi connectivity index (χ2n) is 4.29. The molecule has 108 valence electrons. The van der Waals surface area contributed by atoms with E-state index in [2.05, 4.69) is 11.9 Å². The topological polar surface area (TPSA) is 55.1 Å². The average Bonchev–Trinajstić information content (AvgIpc) is 2.49. The summed E-state index contributed by atoms with van der Waals surface area (Å²) in [5.74, 6) is -0.113. The quantitative estimate of drug-likeness (QED) is 0.500. The van der Waals surface area contributed by atoms with E-state index in [0.29, 0.717) is 11.3 Å². The van der Waals surface area contributed by atoms with Gasteiger partial charge >= 0.3 is 0 Å². The maximum atomic E-state index is 13.1. The van der Waals surface area contributed by atoms with E-state index in [0.717, 1.165) is 10.6 Å². The molecule has 0 aliphatic heterocycles. The monoisotopic (exact) mass is 302 g/mol. The Kier molecular flexibility index (Phi) is 5.00. The van der Waals surface area contributed by atoms with Gasteiger partial charge < -0.3 is 11.1 Å². The van der Waals surface area contributed by atoms with Crippen LogP contribution in [-0.4, -0.2) is 11.7 Å². The van der Waals surface area contributed by atoms with Crippen LogP contribution < -0.4 is 11.1 Å². The van der Waals surface area contributed by atoms with Crippen molar-refractivity contribution in [1.82, 2.24) is 0 Å². The number of nitrogens with one attached hydrogen (secondary N) is 1. The molecule has 2 aromatic rings. The number of hydrogen-bond acceptors (Lipinski definition) is 3. The van der Waals surface area contributed by atoms with E-state index in [-0.39, 0.29) is 11.6 Å². The summed E-state index contributed by atoms with van der Waals surface area (Å²) in [6.45, 7) is 3.67. The number of carbonyl (C=O) groups excluding carboxylic acids is 1. The van der Waals surface area contributed by atoms with Gasteiger partial charge in [0.25, 0.3) is 5.91 Å². The number of amides is 1. The molecule has 0 heterocycles. The number of para-hydroxylation sites is 1. The minimum absolute atomic E-state index is 0.0445. The highest BCUT2D eigenvalue weighted by Gasteiger charge is 2.10. The van der Waals surface area contributed by atoms with Crippen LogP contribution in [0.1, 0.15) is 10.4 Å². The van der Waals surface area contributed by atoms with Gasteiger partial charge in [-0.2, -0.15) is 0 Å². The third-order valence-corrected chi connectivity index (χ3v) is 3.82. The van der Waals surface area contributed by atoms with Crippen LogP contribution in [0.2, 0.25) is 0 Å². The molecule has 5 heteroatoms. The third-order valence-electron chi connectivity index (χ3n) is 2.75. The van der Waals surface area contributed by atoms with E-state index in [1.807, 2.05) is 24.3 Å². The number of carbonyl (C=O) groups is 1. The lowest BCUT2D eigenvalue weighted by atomic mass is 10.2. The van der Waals surface area contributed by atoms with Crippen LogP contribution in [0.4, 0.5) is 15.8 Å². The lowest BCUT2D eigenvalue weighted by Gasteiger charge is -2.10. The van der Waals surface area contributed by atoms with Gasteiger partial charge in [-0.1, -0.05) is 18.2 Å². The van der Waals surface area contributed by atoms with Crippen molar-refractivity contribution in [3.63, 3.8) is 0 Å². The van der Waals surface area contributed by atoms with Gasteiger partial charge in [-0.05, 0) is 30.3 Å². The second-order valence-corrected chi connectivity index (χ2v) is 5.35. The molecular formula is C16H15FN2OS. The Labute approximate surface area is 127 Å². The predicted octanol–water partition coefficient (Wildman–Crippen LogP) is 3.94. The molecule has 0 spiro atoms. The van der Waals surface area contributed by atoms with Crippen molar-refractivity contribution in [2.75, 3.05) is 16.8 Å². The Morgan fingerprint density at radius 1 is 1.33 bits per heavy atom. The zero-order chi connectivity index (χ0) is 15.2. The van der Waals surface area contributed by atoms with Crippen molar-refractivity contribution in [2.45, 2.75) is 4.90 Å². The van der Waals surface area contributed by atoms with Gasteiger partial charge in [-0.25, -0.2) is 4.39 Å². The van der Waals surface area contributed by atoms with Crippen LogP contribution in [0, 0.1) is 5.82 Å². The number of nitrogens with two attached hydrogens (primary N) is 1. The summed E-state index contributed by atoms with van der Waals surface area (Å²) >= 11 is 1.57. The lowest BCUT2D eigenvalue weighted by Crippen LogP contribution is -2.13. The molecule has 0 aromatic heterocycles. The summed E-state index contributed by atoms with van der Waals surface area (Å²) in [4.78, 5) is 13.1. The first-order valence-corrected chi connectivity index (χ1v) is 7.29. The van der Waals surface area contributed by atoms with Crippen LogP contribution in [0.3, 0.4) is 0 Å². The molecule has 0 saturated heterocycles. The molecule has 21 heavy (non-hydrogen) atoms. The van der Waals surface area contributed by atoms with Gasteiger partial charge in [0.2, 0.25) is 0 Å². The Bertz CT molecular complexity index is 673. The summed E-state index contributed by atoms with van der Waals surface area (Å²) < 4.78 is 13.1. The molecule has 2 rings (SSSR count). The maximum absolute atomic E-state index is 13.1. The summed E-state index contributed by atoms with van der Waals surface area (Å²) in [5.41, 5.74) is 6.46. The molecule has 2 aromatic carbocycles. The first-order chi connectivity index (χ1) is 10.1. The molecule has 0 bridgehead atoms. The molecule has 0 aliphatic rings. The highest BCUT2D eigenvalue weighted by molar-refractivity contribution is 7.99. The summed E-state index contributed by atoms with van der Waals surface area (Å²) in [7, 11) is 0. The SMILES string of the molecule is C=CCSc1ccccc1NC(=O)c1ccc(F)c(N)c1. The van der Waals surface area contributed by atoms with Gasteiger partial charge in [0.15, 0.2) is 0 Å². The van der Waals surface area contributed by atoms with Crippen molar-refractivity contribution in [1.29, 1.82) is 0 Å². The number of halogens is 1. The summed E-state index contributed by atoms with van der Waals surface area (Å²) in [6.07, 6.45) is 1.80. The minimum atomic E-state index is -0.534. The molecule has 0 fully saturated rings. The van der Waals surface area contributed by atoms with Crippen molar-refractivity contribution >= 4 is 29.0 Å². The first-order valence-electron chi connectivity index (χ1n) is 6.31. The summed E-state index contributed by atoms with van der Waals surface area (Å²) in [6, 6.07) is 11.4. The van der Waals surface area contributed by atoms with Gasteiger partial charge in [-0.15, -0.1) is 18.3 Å². The number of nitrogen functional groups attached to an aromatic ring is 1. The molecule has 0 saturated carbocycles. The van der Waals surface area contributed by atoms with E-state index < -0.39 is 5.82 Å². The Balaban J connectivity index is 2.19. The number of benzene rings is 2. The van der Waals surface area contributed by atoms with Crippen molar-refractivity contribution in [3.8, 4) is 0 Å². The summed E-state index contributed by atoms with van der Waals surface area (Å²) in [5, 5.41) is 2.81. The van der Waals surface area contributed by atoms with Gasteiger partial charge in [0.05, 0.1) is 11.4 Å². The van der Waals surface area contributed by atoms with Crippen LogP contribution in [0.5, 0.6) is 0 Å². The van der Waals surface area contributed by atoms with Crippen LogP contribution >= 0.6 is 11.8 Å². The Hall–Kier alpha value is -2.27. The maximum Gasteiger partial charge on any atom is 0.255 e. The fourth-order valence-electron chi connectivity index (χ4n) is 1.72. The van der Waals surface area contributed by atoms with Crippen molar-refractivity contribution in [3.05, 3.63) is 66.5 Å². The Morgan fingerprint density at radius 3 is 2.81 bits per heavy atom. The highest BCUT2D eigenvalue weighted by atomic mass is 32.2. The number of hydrogen-bond donors (Lipinski definition) is 2. The number of rotatable bonds is 5. The second kappa shape index (κ2) is 6.95. The zero-order valence-electron chi connectivity index (χ0n) is 11.3. The molecule has 0 unspecified atom stereocenters. The molecule has 3 nitrogen and oxygen atoms in total. The minimum Gasteiger partial charge on any atom is -0.396 e. The lowest BCUT2D eigenvalue weighted by molar-refractivity contribution is 0.102. The molecule has 0 aliphatic carbocycles.